The smallest absolute Gasteiger partial charge is 0.220 e. The topological polar surface area (TPSA) is 62.6 Å². The molecule has 0 saturated carbocycles. The molecule has 0 spiro atoms. The first-order chi connectivity index (χ1) is 10.7. The standard InChI is InChI=1S/C17H20N2O3/c1-3-21-17-9-16(15(10-18)12-22-17)19(13(2)20)11-14-7-5-4-6-8-14/h4-8,12,16-17H,3,9,11H2,1-2H3. The molecule has 2 unspecified atom stereocenters. The fraction of sp³-hybridized carbons (Fsp3) is 0.412. The van der Waals surface area contributed by atoms with Gasteiger partial charge in [0.25, 0.3) is 0 Å². The van der Waals surface area contributed by atoms with Crippen LogP contribution in [0, 0.1) is 11.3 Å². The van der Waals surface area contributed by atoms with E-state index in [0.29, 0.717) is 25.1 Å². The number of nitrogens with zero attached hydrogens (tertiary/aromatic N) is 2. The molecule has 0 aliphatic carbocycles. The van der Waals surface area contributed by atoms with Crippen molar-refractivity contribution in [1.82, 2.24) is 4.90 Å². The van der Waals surface area contributed by atoms with Gasteiger partial charge in [-0.1, -0.05) is 30.3 Å². The minimum absolute atomic E-state index is 0.0767. The monoisotopic (exact) mass is 300 g/mol. The Kier molecular flexibility index (Phi) is 5.56. The molecule has 5 heteroatoms. The van der Waals surface area contributed by atoms with E-state index < -0.39 is 6.29 Å². The summed E-state index contributed by atoms with van der Waals surface area (Å²) >= 11 is 0. The van der Waals surface area contributed by atoms with E-state index in [-0.39, 0.29) is 11.9 Å². The fourth-order valence-corrected chi connectivity index (χ4v) is 2.50. The zero-order chi connectivity index (χ0) is 15.9. The van der Waals surface area contributed by atoms with Crippen LogP contribution in [-0.4, -0.2) is 29.7 Å². The second kappa shape index (κ2) is 7.62. The molecule has 2 rings (SSSR count). The van der Waals surface area contributed by atoms with Gasteiger partial charge in [-0.3, -0.25) is 4.79 Å². The van der Waals surface area contributed by atoms with Crippen molar-refractivity contribution in [2.45, 2.75) is 39.1 Å². The summed E-state index contributed by atoms with van der Waals surface area (Å²) in [5.74, 6) is -0.0767. The van der Waals surface area contributed by atoms with Crippen LogP contribution in [-0.2, 0) is 20.8 Å². The summed E-state index contributed by atoms with van der Waals surface area (Å²) in [4.78, 5) is 13.8. The SMILES string of the molecule is CCOC1CC(N(Cc2ccccc2)C(C)=O)C(C#N)=CO1. The minimum atomic E-state index is -0.426. The summed E-state index contributed by atoms with van der Waals surface area (Å²) in [7, 11) is 0. The van der Waals surface area contributed by atoms with Gasteiger partial charge < -0.3 is 14.4 Å². The second-order valence-electron chi connectivity index (χ2n) is 5.09. The van der Waals surface area contributed by atoms with Gasteiger partial charge in [-0.05, 0) is 12.5 Å². The molecule has 116 valence electrons. The first kappa shape index (κ1) is 16.1. The highest BCUT2D eigenvalue weighted by Gasteiger charge is 2.32. The zero-order valence-corrected chi connectivity index (χ0v) is 12.9. The van der Waals surface area contributed by atoms with Gasteiger partial charge in [0.2, 0.25) is 12.2 Å². The van der Waals surface area contributed by atoms with Crippen LogP contribution in [0.1, 0.15) is 25.8 Å². The molecule has 1 amide bonds. The summed E-state index contributed by atoms with van der Waals surface area (Å²) in [6.07, 6.45) is 1.44. The van der Waals surface area contributed by atoms with E-state index in [9.17, 15) is 10.1 Å². The van der Waals surface area contributed by atoms with Crippen molar-refractivity contribution in [3.63, 3.8) is 0 Å². The highest BCUT2D eigenvalue weighted by molar-refractivity contribution is 5.74. The molecule has 1 aliphatic heterocycles. The fourth-order valence-electron chi connectivity index (χ4n) is 2.50. The quantitative estimate of drug-likeness (QED) is 0.838. The highest BCUT2D eigenvalue weighted by Crippen LogP contribution is 2.25. The lowest BCUT2D eigenvalue weighted by Crippen LogP contribution is -2.44. The lowest BCUT2D eigenvalue weighted by molar-refractivity contribution is -0.141. The summed E-state index contributed by atoms with van der Waals surface area (Å²) in [5.41, 5.74) is 1.47. The van der Waals surface area contributed by atoms with Crippen molar-refractivity contribution in [3.05, 3.63) is 47.7 Å². The van der Waals surface area contributed by atoms with E-state index in [1.165, 1.54) is 13.2 Å². The van der Waals surface area contributed by atoms with Gasteiger partial charge in [0.1, 0.15) is 12.3 Å². The van der Waals surface area contributed by atoms with E-state index in [1.807, 2.05) is 37.3 Å². The van der Waals surface area contributed by atoms with Gasteiger partial charge in [0.15, 0.2) is 0 Å². The summed E-state index contributed by atoms with van der Waals surface area (Å²) < 4.78 is 10.9. The molecule has 5 nitrogen and oxygen atoms in total. The molecule has 0 fully saturated rings. The number of carbonyl (C=O) groups excluding carboxylic acids is 1. The average Bonchev–Trinajstić information content (AvgIpc) is 2.53. The van der Waals surface area contributed by atoms with Crippen LogP contribution >= 0.6 is 0 Å². The summed E-state index contributed by atoms with van der Waals surface area (Å²) in [6.45, 7) is 4.38. The Hall–Kier alpha value is -2.32. The molecule has 22 heavy (non-hydrogen) atoms. The number of nitriles is 1. The summed E-state index contributed by atoms with van der Waals surface area (Å²) in [5, 5.41) is 9.30. The Labute approximate surface area is 130 Å². The normalized spacial score (nSPS) is 20.5. The van der Waals surface area contributed by atoms with Crippen molar-refractivity contribution >= 4 is 5.91 Å². The largest absolute Gasteiger partial charge is 0.471 e. The lowest BCUT2D eigenvalue weighted by Gasteiger charge is -2.35. The van der Waals surface area contributed by atoms with Crippen molar-refractivity contribution in [2.24, 2.45) is 0 Å². The number of ether oxygens (including phenoxy) is 2. The van der Waals surface area contributed by atoms with Crippen LogP contribution in [0.3, 0.4) is 0 Å². The number of benzene rings is 1. The van der Waals surface area contributed by atoms with E-state index in [2.05, 4.69) is 6.07 Å². The zero-order valence-electron chi connectivity index (χ0n) is 12.9. The van der Waals surface area contributed by atoms with Crippen molar-refractivity contribution < 1.29 is 14.3 Å². The number of hydrogen-bond donors (Lipinski definition) is 0. The van der Waals surface area contributed by atoms with Gasteiger partial charge in [-0.2, -0.15) is 5.26 Å². The second-order valence-corrected chi connectivity index (χ2v) is 5.09. The third-order valence-corrected chi connectivity index (χ3v) is 3.58. The molecule has 1 aromatic rings. The molecule has 1 aliphatic rings. The van der Waals surface area contributed by atoms with Gasteiger partial charge in [0.05, 0.1) is 11.6 Å². The first-order valence-electron chi connectivity index (χ1n) is 7.34. The molecular formula is C17H20N2O3. The number of hydrogen-bond acceptors (Lipinski definition) is 4. The molecule has 1 aromatic carbocycles. The molecule has 0 aromatic heterocycles. The Bertz CT molecular complexity index is 577. The molecule has 0 saturated heterocycles. The van der Waals surface area contributed by atoms with Crippen LogP contribution in [0.2, 0.25) is 0 Å². The van der Waals surface area contributed by atoms with Gasteiger partial charge >= 0.3 is 0 Å². The maximum absolute atomic E-state index is 12.1. The van der Waals surface area contributed by atoms with Crippen LogP contribution in [0.5, 0.6) is 0 Å². The van der Waals surface area contributed by atoms with Crippen LogP contribution in [0.4, 0.5) is 0 Å². The third kappa shape index (κ3) is 3.86. The van der Waals surface area contributed by atoms with Crippen LogP contribution in [0.15, 0.2) is 42.2 Å². The Balaban J connectivity index is 2.22. The van der Waals surface area contributed by atoms with Gasteiger partial charge in [-0.25, -0.2) is 0 Å². The van der Waals surface area contributed by atoms with Crippen LogP contribution in [0.25, 0.3) is 0 Å². The van der Waals surface area contributed by atoms with Crippen molar-refractivity contribution in [3.8, 4) is 6.07 Å². The Morgan fingerprint density at radius 3 is 2.77 bits per heavy atom. The predicted octanol–water partition coefficient (Wildman–Crippen LogP) is 2.59. The molecular weight excluding hydrogens is 280 g/mol. The maximum Gasteiger partial charge on any atom is 0.220 e. The van der Waals surface area contributed by atoms with Gasteiger partial charge in [0, 0.05) is 26.5 Å². The van der Waals surface area contributed by atoms with Gasteiger partial charge in [-0.15, -0.1) is 0 Å². The Morgan fingerprint density at radius 2 is 2.18 bits per heavy atom. The van der Waals surface area contributed by atoms with E-state index >= 15 is 0 Å². The molecule has 0 bridgehead atoms. The highest BCUT2D eigenvalue weighted by atomic mass is 16.7. The molecule has 2 atom stereocenters. The van der Waals surface area contributed by atoms with E-state index in [4.69, 9.17) is 9.47 Å². The van der Waals surface area contributed by atoms with Crippen molar-refractivity contribution in [1.29, 1.82) is 5.26 Å². The van der Waals surface area contributed by atoms with Crippen LogP contribution < -0.4 is 0 Å². The predicted molar refractivity (Wildman–Crippen MR) is 81.3 cm³/mol. The number of rotatable bonds is 5. The molecule has 0 radical (unpaired) electrons. The third-order valence-electron chi connectivity index (χ3n) is 3.58. The van der Waals surface area contributed by atoms with E-state index in [0.717, 1.165) is 5.56 Å². The summed E-state index contributed by atoms with van der Waals surface area (Å²) in [6, 6.07) is 11.5. The minimum Gasteiger partial charge on any atom is -0.471 e. The van der Waals surface area contributed by atoms with E-state index in [1.54, 1.807) is 4.90 Å². The Morgan fingerprint density at radius 1 is 1.45 bits per heavy atom. The number of carbonyl (C=O) groups is 1. The maximum atomic E-state index is 12.1. The van der Waals surface area contributed by atoms with Crippen molar-refractivity contribution in [2.75, 3.05) is 6.61 Å². The molecule has 1 heterocycles. The first-order valence-corrected chi connectivity index (χ1v) is 7.34. The average molecular weight is 300 g/mol. The molecule has 0 N–H and O–H groups in total. The lowest BCUT2D eigenvalue weighted by atomic mass is 10.0. The number of amides is 1.